The Labute approximate surface area is 301 Å². The smallest absolute Gasteiger partial charge is 0.135 e. The molecule has 0 spiro atoms. The Bertz CT molecular complexity index is 2310. The van der Waals surface area contributed by atoms with Crippen LogP contribution in [0.5, 0.6) is 0 Å². The van der Waals surface area contributed by atoms with Crippen molar-refractivity contribution >= 4 is 57.7 Å². The Morgan fingerprint density at radius 3 is 1.78 bits per heavy atom. The summed E-state index contributed by atoms with van der Waals surface area (Å²) < 4.78 is 8.25. The van der Waals surface area contributed by atoms with Crippen molar-refractivity contribution in [1.29, 1.82) is 5.41 Å². The fourth-order valence-electron chi connectivity index (χ4n) is 5.99. The summed E-state index contributed by atoms with van der Waals surface area (Å²) in [5, 5.41) is 9.27. The average molecular weight is 668 g/mol. The molecular formula is C47H45N3O. The van der Waals surface area contributed by atoms with E-state index in [-0.39, 0.29) is 0 Å². The highest BCUT2D eigenvalue weighted by molar-refractivity contribution is 6.09. The first-order chi connectivity index (χ1) is 25.1. The number of furan rings is 1. The highest BCUT2D eigenvalue weighted by Crippen LogP contribution is 2.32. The molecule has 0 bridgehead atoms. The molecule has 6 aromatic carbocycles. The van der Waals surface area contributed by atoms with Crippen LogP contribution in [-0.4, -0.2) is 11.3 Å². The third-order valence-electron chi connectivity index (χ3n) is 8.42. The first-order valence-electron chi connectivity index (χ1n) is 17.1. The summed E-state index contributed by atoms with van der Waals surface area (Å²) in [7, 11) is 0. The molecule has 0 amide bonds. The Morgan fingerprint density at radius 2 is 1.20 bits per heavy atom. The van der Waals surface area contributed by atoms with E-state index in [1.165, 1.54) is 49.7 Å². The molecule has 0 aliphatic carbocycles. The normalized spacial score (nSPS) is 10.8. The van der Waals surface area contributed by atoms with Crippen LogP contribution in [0.1, 0.15) is 40.5 Å². The monoisotopic (exact) mass is 667 g/mol. The van der Waals surface area contributed by atoms with Gasteiger partial charge in [0.25, 0.3) is 0 Å². The van der Waals surface area contributed by atoms with Gasteiger partial charge in [0.2, 0.25) is 0 Å². The second-order valence-corrected chi connectivity index (χ2v) is 12.0. The molecule has 4 heteroatoms. The molecular weight excluding hydrogens is 623 g/mol. The van der Waals surface area contributed by atoms with Gasteiger partial charge in [-0.25, -0.2) is 0 Å². The molecule has 0 saturated heterocycles. The van der Waals surface area contributed by atoms with Crippen LogP contribution in [0.4, 0.5) is 0 Å². The molecule has 0 radical (unpaired) electrons. The van der Waals surface area contributed by atoms with Crippen LogP contribution in [-0.2, 0) is 6.54 Å². The zero-order chi connectivity index (χ0) is 36.0. The highest BCUT2D eigenvalue weighted by atomic mass is 16.3. The van der Waals surface area contributed by atoms with Crippen molar-refractivity contribution in [3.05, 3.63) is 191 Å². The zero-order valence-corrected chi connectivity index (χ0v) is 29.6. The summed E-state index contributed by atoms with van der Waals surface area (Å²) in [6.45, 7) is 9.37. The largest absolute Gasteiger partial charge is 0.456 e. The van der Waals surface area contributed by atoms with E-state index in [1.807, 2.05) is 67.6 Å². The molecule has 0 aliphatic rings. The third kappa shape index (κ3) is 8.87. The van der Waals surface area contributed by atoms with Gasteiger partial charge in [-0.05, 0) is 81.1 Å². The number of allylic oxidation sites excluding steroid dienone is 1. The lowest BCUT2D eigenvalue weighted by Crippen LogP contribution is -1.94. The van der Waals surface area contributed by atoms with Gasteiger partial charge in [0.05, 0.1) is 11.0 Å². The standard InChI is InChI=1S/C20H18O.C19H15N.C7H9N.CH3N/c1-3-7-19-18(17-10-4-5-11-20(17)21-19)13-12-16-9-6-8-15(2)14-16;1-14-10-12-15(13-11-14)20-18-8-4-2-6-16(18)17-7-3-5-9-19(17)20;8-6-7-4-2-1-3-5-7;1-2/h3-14H,1-2H3;2-13H,1H3;1-5H,6,8H2;2H,1H2/b7-3-,13-12+;;;. The van der Waals surface area contributed by atoms with E-state index in [0.717, 1.165) is 22.3 Å². The number of nitrogens with zero attached hydrogens (tertiary/aromatic N) is 1. The van der Waals surface area contributed by atoms with Crippen LogP contribution in [0.2, 0.25) is 0 Å². The van der Waals surface area contributed by atoms with E-state index in [4.69, 9.17) is 15.6 Å². The molecule has 254 valence electrons. The van der Waals surface area contributed by atoms with Gasteiger partial charge < -0.3 is 20.1 Å². The Kier molecular flexibility index (Phi) is 12.7. The van der Waals surface area contributed by atoms with Gasteiger partial charge in [-0.1, -0.05) is 145 Å². The minimum Gasteiger partial charge on any atom is -0.456 e. The Balaban J connectivity index is 0.000000157. The molecule has 0 atom stereocenters. The SMILES string of the molecule is C/C=C\c1oc2ccccc2c1/C=C/c1cccc(C)c1.C=N.Cc1ccc(-n2c3ccccc3c3ccccc32)cc1.NCc1ccccc1. The number of rotatable bonds is 5. The topological polar surface area (TPSA) is 67.9 Å². The summed E-state index contributed by atoms with van der Waals surface area (Å²) in [5.41, 5.74) is 16.1. The van der Waals surface area contributed by atoms with Crippen LogP contribution >= 0.6 is 0 Å². The van der Waals surface area contributed by atoms with Gasteiger partial charge in [-0.3, -0.25) is 0 Å². The van der Waals surface area contributed by atoms with Gasteiger partial charge in [0.15, 0.2) is 0 Å². The van der Waals surface area contributed by atoms with Crippen molar-refractivity contribution in [3.8, 4) is 5.69 Å². The number of aromatic nitrogens is 1. The summed E-state index contributed by atoms with van der Waals surface area (Å²) in [5.74, 6) is 0.905. The van der Waals surface area contributed by atoms with E-state index in [2.05, 4.69) is 140 Å². The summed E-state index contributed by atoms with van der Waals surface area (Å²) >= 11 is 0. The predicted molar refractivity (Wildman–Crippen MR) is 221 cm³/mol. The van der Waals surface area contributed by atoms with Gasteiger partial charge in [-0.15, -0.1) is 0 Å². The van der Waals surface area contributed by atoms with E-state index in [0.29, 0.717) is 6.54 Å². The molecule has 8 aromatic rings. The van der Waals surface area contributed by atoms with Crippen LogP contribution < -0.4 is 5.73 Å². The predicted octanol–water partition coefficient (Wildman–Crippen LogP) is 12.4. The number of fused-ring (bicyclic) bond motifs is 4. The summed E-state index contributed by atoms with van der Waals surface area (Å²) in [4.78, 5) is 0. The number of nitrogens with two attached hydrogens (primary N) is 1. The first-order valence-corrected chi connectivity index (χ1v) is 17.1. The lowest BCUT2D eigenvalue weighted by Gasteiger charge is -2.07. The van der Waals surface area contributed by atoms with Crippen molar-refractivity contribution in [1.82, 2.24) is 4.57 Å². The molecule has 0 aliphatic heterocycles. The molecule has 51 heavy (non-hydrogen) atoms. The van der Waals surface area contributed by atoms with Crippen molar-refractivity contribution in [2.75, 3.05) is 0 Å². The number of benzene rings is 6. The number of aryl methyl sites for hydroxylation is 2. The number of hydrogen-bond acceptors (Lipinski definition) is 3. The summed E-state index contributed by atoms with van der Waals surface area (Å²) in [6, 6.07) is 52.5. The minimum absolute atomic E-state index is 0.640. The molecule has 0 fully saturated rings. The second-order valence-electron chi connectivity index (χ2n) is 12.0. The lowest BCUT2D eigenvalue weighted by molar-refractivity contribution is 0.603. The van der Waals surface area contributed by atoms with Crippen LogP contribution in [0.3, 0.4) is 0 Å². The fourth-order valence-corrected chi connectivity index (χ4v) is 5.99. The maximum absolute atomic E-state index is 5.91. The quantitative estimate of drug-likeness (QED) is 0.179. The second kappa shape index (κ2) is 18.0. The Morgan fingerprint density at radius 1 is 0.608 bits per heavy atom. The maximum atomic E-state index is 5.91. The maximum Gasteiger partial charge on any atom is 0.135 e. The fraction of sp³-hybridized carbons (Fsp3) is 0.0851. The molecule has 2 heterocycles. The van der Waals surface area contributed by atoms with Crippen molar-refractivity contribution in [2.24, 2.45) is 5.73 Å². The van der Waals surface area contributed by atoms with Crippen LogP contribution in [0.25, 0.3) is 56.7 Å². The molecule has 2 aromatic heterocycles. The molecule has 0 unspecified atom stereocenters. The number of para-hydroxylation sites is 3. The molecule has 3 N–H and O–H groups in total. The molecule has 4 nitrogen and oxygen atoms in total. The number of nitrogens with one attached hydrogen (secondary N) is 1. The molecule has 8 rings (SSSR count). The van der Waals surface area contributed by atoms with E-state index in [9.17, 15) is 0 Å². The summed E-state index contributed by atoms with van der Waals surface area (Å²) in [6.07, 6.45) is 8.28. The van der Waals surface area contributed by atoms with Gasteiger partial charge in [0, 0.05) is 34.0 Å². The highest BCUT2D eigenvalue weighted by Gasteiger charge is 2.11. The van der Waals surface area contributed by atoms with Gasteiger partial charge in [0.1, 0.15) is 11.3 Å². The van der Waals surface area contributed by atoms with Crippen LogP contribution in [0.15, 0.2) is 162 Å². The first kappa shape index (κ1) is 36.1. The Hall–Kier alpha value is -6.23. The van der Waals surface area contributed by atoms with Crippen molar-refractivity contribution in [3.63, 3.8) is 0 Å². The third-order valence-corrected chi connectivity index (χ3v) is 8.42. The van der Waals surface area contributed by atoms with E-state index in [1.54, 1.807) is 0 Å². The molecule has 0 saturated carbocycles. The van der Waals surface area contributed by atoms with Crippen molar-refractivity contribution < 1.29 is 4.42 Å². The van der Waals surface area contributed by atoms with E-state index < -0.39 is 0 Å². The average Bonchev–Trinajstić information content (AvgIpc) is 3.71. The minimum atomic E-state index is 0.640. The number of hydrogen-bond donors (Lipinski definition) is 2. The lowest BCUT2D eigenvalue weighted by atomic mass is 10.1. The van der Waals surface area contributed by atoms with Crippen LogP contribution in [0, 0.1) is 19.3 Å². The van der Waals surface area contributed by atoms with Gasteiger partial charge in [-0.2, -0.15) is 0 Å². The van der Waals surface area contributed by atoms with Gasteiger partial charge >= 0.3 is 0 Å². The van der Waals surface area contributed by atoms with Crippen molar-refractivity contribution in [2.45, 2.75) is 27.3 Å². The van der Waals surface area contributed by atoms with E-state index >= 15 is 0 Å². The zero-order valence-electron chi connectivity index (χ0n) is 29.6.